The Morgan fingerprint density at radius 1 is 1.17 bits per heavy atom. The van der Waals surface area contributed by atoms with Gasteiger partial charge in [-0.15, -0.1) is 0 Å². The average Bonchev–Trinajstić information content (AvgIpc) is 2.50. The highest BCUT2D eigenvalue weighted by atomic mass is 79.9. The molecular formula is C18H20BrClN2O. The van der Waals surface area contributed by atoms with E-state index >= 15 is 0 Å². The summed E-state index contributed by atoms with van der Waals surface area (Å²) < 4.78 is 6.99. The Hall–Kier alpha value is -1.07. The van der Waals surface area contributed by atoms with Crippen LogP contribution in [0.5, 0.6) is 5.75 Å². The van der Waals surface area contributed by atoms with E-state index in [0.717, 1.165) is 52.9 Å². The molecule has 0 spiro atoms. The molecule has 23 heavy (non-hydrogen) atoms. The van der Waals surface area contributed by atoms with Gasteiger partial charge in [0.1, 0.15) is 12.4 Å². The number of hydrogen-bond acceptors (Lipinski definition) is 3. The molecule has 1 aliphatic heterocycles. The molecule has 1 aliphatic rings. The van der Waals surface area contributed by atoms with Crippen LogP contribution in [0.2, 0.25) is 5.02 Å². The molecule has 0 unspecified atom stereocenters. The topological polar surface area (TPSA) is 33.3 Å². The minimum Gasteiger partial charge on any atom is -0.489 e. The van der Waals surface area contributed by atoms with Crippen LogP contribution in [0.25, 0.3) is 0 Å². The van der Waals surface area contributed by atoms with Crippen LogP contribution in [-0.2, 0) is 13.2 Å². The van der Waals surface area contributed by atoms with Gasteiger partial charge in [-0.25, -0.2) is 0 Å². The molecule has 2 aromatic rings. The normalized spacial score (nSPS) is 14.5. The summed E-state index contributed by atoms with van der Waals surface area (Å²) in [5.41, 5.74) is 2.27. The zero-order valence-electron chi connectivity index (χ0n) is 12.8. The first-order valence-corrected chi connectivity index (χ1v) is 8.95. The fourth-order valence-corrected chi connectivity index (χ4v) is 3.29. The van der Waals surface area contributed by atoms with Crippen molar-refractivity contribution in [1.82, 2.24) is 10.6 Å². The summed E-state index contributed by atoms with van der Waals surface area (Å²) in [6.07, 6.45) is 0. The van der Waals surface area contributed by atoms with Gasteiger partial charge >= 0.3 is 0 Å². The molecule has 0 bridgehead atoms. The summed E-state index contributed by atoms with van der Waals surface area (Å²) in [5, 5.41) is 7.52. The second-order valence-corrected chi connectivity index (χ2v) is 7.08. The summed E-state index contributed by atoms with van der Waals surface area (Å²) in [5.74, 6) is 1.68. The van der Waals surface area contributed by atoms with Crippen molar-refractivity contribution in [2.75, 3.05) is 19.6 Å². The minimum absolute atomic E-state index is 0.515. The van der Waals surface area contributed by atoms with Crippen molar-refractivity contribution < 1.29 is 4.74 Å². The van der Waals surface area contributed by atoms with Crippen LogP contribution < -0.4 is 15.4 Å². The number of nitrogens with one attached hydrogen (secondary N) is 2. The summed E-state index contributed by atoms with van der Waals surface area (Å²) in [4.78, 5) is 0. The van der Waals surface area contributed by atoms with E-state index in [-0.39, 0.29) is 0 Å². The van der Waals surface area contributed by atoms with Crippen LogP contribution in [0.1, 0.15) is 11.1 Å². The van der Waals surface area contributed by atoms with E-state index in [9.17, 15) is 0 Å². The number of halogens is 2. The fourth-order valence-electron chi connectivity index (χ4n) is 2.49. The summed E-state index contributed by atoms with van der Waals surface area (Å²) in [7, 11) is 0. The highest BCUT2D eigenvalue weighted by Gasteiger charge is 2.15. The van der Waals surface area contributed by atoms with Crippen molar-refractivity contribution in [2.45, 2.75) is 13.2 Å². The van der Waals surface area contributed by atoms with E-state index in [2.05, 4.69) is 32.6 Å². The minimum atomic E-state index is 0.515. The average molecular weight is 396 g/mol. The van der Waals surface area contributed by atoms with Gasteiger partial charge in [-0.1, -0.05) is 51.8 Å². The third-order valence-electron chi connectivity index (χ3n) is 3.99. The van der Waals surface area contributed by atoms with E-state index in [4.69, 9.17) is 16.3 Å². The monoisotopic (exact) mass is 394 g/mol. The lowest BCUT2D eigenvalue weighted by atomic mass is 10.0. The van der Waals surface area contributed by atoms with Crippen LogP contribution >= 0.6 is 27.5 Å². The lowest BCUT2D eigenvalue weighted by Crippen LogP contribution is -2.47. The fraction of sp³-hybridized carbons (Fsp3) is 0.333. The zero-order chi connectivity index (χ0) is 16.1. The Morgan fingerprint density at radius 3 is 2.74 bits per heavy atom. The first-order chi connectivity index (χ1) is 11.2. The number of benzene rings is 2. The highest BCUT2D eigenvalue weighted by Crippen LogP contribution is 2.24. The number of rotatable bonds is 7. The van der Waals surface area contributed by atoms with E-state index in [1.54, 1.807) is 0 Å². The molecule has 0 saturated carbocycles. The molecule has 0 atom stereocenters. The van der Waals surface area contributed by atoms with Crippen molar-refractivity contribution in [3.63, 3.8) is 0 Å². The summed E-state index contributed by atoms with van der Waals surface area (Å²) in [6.45, 7) is 4.63. The third kappa shape index (κ3) is 4.70. The van der Waals surface area contributed by atoms with Crippen molar-refractivity contribution >= 4 is 27.5 Å². The largest absolute Gasteiger partial charge is 0.489 e. The molecule has 3 rings (SSSR count). The van der Waals surface area contributed by atoms with Crippen molar-refractivity contribution in [3.05, 3.63) is 63.1 Å². The van der Waals surface area contributed by atoms with E-state index in [0.29, 0.717) is 6.61 Å². The smallest absolute Gasteiger partial charge is 0.124 e. The van der Waals surface area contributed by atoms with Crippen molar-refractivity contribution in [1.29, 1.82) is 0 Å². The Balaban J connectivity index is 1.58. The molecule has 2 N–H and O–H groups in total. The van der Waals surface area contributed by atoms with Crippen LogP contribution in [-0.4, -0.2) is 19.6 Å². The molecule has 1 saturated heterocycles. The lowest BCUT2D eigenvalue weighted by Gasteiger charge is -2.27. The van der Waals surface area contributed by atoms with Crippen LogP contribution in [0, 0.1) is 5.92 Å². The van der Waals surface area contributed by atoms with E-state index < -0.39 is 0 Å². The number of ether oxygens (including phenoxy) is 1. The molecule has 122 valence electrons. The number of hydrogen-bond donors (Lipinski definition) is 2. The third-order valence-corrected chi connectivity index (χ3v) is 4.96. The van der Waals surface area contributed by atoms with Gasteiger partial charge < -0.3 is 15.4 Å². The van der Waals surface area contributed by atoms with Crippen molar-refractivity contribution in [3.8, 4) is 5.75 Å². The van der Waals surface area contributed by atoms with Gasteiger partial charge in [0, 0.05) is 46.8 Å². The van der Waals surface area contributed by atoms with Gasteiger partial charge in [0.05, 0.1) is 0 Å². The summed E-state index contributed by atoms with van der Waals surface area (Å²) in [6, 6.07) is 13.9. The Labute approximate surface area is 150 Å². The molecule has 0 amide bonds. The molecule has 2 aromatic carbocycles. The Morgan fingerprint density at radius 2 is 2.00 bits per heavy atom. The van der Waals surface area contributed by atoms with Gasteiger partial charge in [-0.05, 0) is 24.1 Å². The van der Waals surface area contributed by atoms with Crippen LogP contribution in [0.15, 0.2) is 46.9 Å². The quantitative estimate of drug-likeness (QED) is 0.744. The molecule has 3 nitrogen and oxygen atoms in total. The lowest BCUT2D eigenvalue weighted by molar-refractivity contribution is 0.299. The standard InChI is InChI=1S/C18H20BrClN2O/c19-17-7-16(20)6-5-15(17)12-23-18-4-2-1-3-14(18)11-22-10-13-8-21-9-13/h1-7,13,21-22H,8-12H2. The van der Waals surface area contributed by atoms with Crippen LogP contribution in [0.3, 0.4) is 0 Å². The molecule has 0 aromatic heterocycles. The highest BCUT2D eigenvalue weighted by molar-refractivity contribution is 9.10. The van der Waals surface area contributed by atoms with Crippen molar-refractivity contribution in [2.24, 2.45) is 5.92 Å². The Bertz CT molecular complexity index is 661. The molecule has 5 heteroatoms. The van der Waals surface area contributed by atoms with E-state index in [1.807, 2.05) is 36.4 Å². The van der Waals surface area contributed by atoms with Gasteiger partial charge in [-0.2, -0.15) is 0 Å². The maximum Gasteiger partial charge on any atom is 0.124 e. The zero-order valence-corrected chi connectivity index (χ0v) is 15.2. The van der Waals surface area contributed by atoms with Crippen LogP contribution in [0.4, 0.5) is 0 Å². The van der Waals surface area contributed by atoms with Gasteiger partial charge in [0.2, 0.25) is 0 Å². The first-order valence-electron chi connectivity index (χ1n) is 7.78. The maximum absolute atomic E-state index is 6.02. The molecular weight excluding hydrogens is 376 g/mol. The van der Waals surface area contributed by atoms with Gasteiger partial charge in [-0.3, -0.25) is 0 Å². The molecule has 1 fully saturated rings. The second-order valence-electron chi connectivity index (χ2n) is 5.79. The maximum atomic E-state index is 6.02. The first kappa shape index (κ1) is 16.8. The predicted octanol–water partition coefficient (Wildman–Crippen LogP) is 3.99. The van der Waals surface area contributed by atoms with Gasteiger partial charge in [0.15, 0.2) is 0 Å². The summed E-state index contributed by atoms with van der Waals surface area (Å²) >= 11 is 9.50. The number of para-hydroxylation sites is 1. The Kier molecular flexibility index (Phi) is 5.95. The van der Waals surface area contributed by atoms with Gasteiger partial charge in [0.25, 0.3) is 0 Å². The second kappa shape index (κ2) is 8.15. The molecule has 0 radical (unpaired) electrons. The SMILES string of the molecule is Clc1ccc(COc2ccccc2CNCC2CNC2)c(Br)c1. The molecule has 0 aliphatic carbocycles. The van der Waals surface area contributed by atoms with E-state index in [1.165, 1.54) is 5.56 Å². The molecule has 1 heterocycles. The predicted molar refractivity (Wildman–Crippen MR) is 98.0 cm³/mol.